The molecule has 0 spiro atoms. The average molecular weight is 278 g/mol. The van der Waals surface area contributed by atoms with Crippen molar-refractivity contribution in [2.45, 2.75) is 39.2 Å². The molecule has 20 heavy (non-hydrogen) atoms. The zero-order valence-electron chi connectivity index (χ0n) is 12.2. The summed E-state index contributed by atoms with van der Waals surface area (Å²) in [7, 11) is 0. The molecule has 0 radical (unpaired) electrons. The van der Waals surface area contributed by atoms with Gasteiger partial charge in [-0.3, -0.25) is 9.59 Å². The lowest BCUT2D eigenvalue weighted by atomic mass is 10.0. The first kappa shape index (κ1) is 16.0. The second kappa shape index (κ2) is 6.41. The smallest absolute Gasteiger partial charge is 0.305 e. The van der Waals surface area contributed by atoms with E-state index in [4.69, 9.17) is 10.8 Å². The number of amides is 1. The van der Waals surface area contributed by atoms with Gasteiger partial charge < -0.3 is 15.7 Å². The van der Waals surface area contributed by atoms with Gasteiger partial charge in [-0.05, 0) is 38.5 Å². The number of carbonyl (C=O) groups excluding carboxylic acids is 1. The van der Waals surface area contributed by atoms with E-state index < -0.39 is 11.5 Å². The summed E-state index contributed by atoms with van der Waals surface area (Å²) in [6.07, 6.45) is 0.169. The van der Waals surface area contributed by atoms with Crippen LogP contribution >= 0.6 is 0 Å². The zero-order valence-corrected chi connectivity index (χ0v) is 12.2. The van der Waals surface area contributed by atoms with Crippen molar-refractivity contribution in [3.8, 4) is 0 Å². The molecule has 5 nitrogen and oxygen atoms in total. The van der Waals surface area contributed by atoms with E-state index >= 15 is 0 Å². The summed E-state index contributed by atoms with van der Waals surface area (Å²) < 4.78 is 0. The number of aliphatic carboxylic acids is 1. The Labute approximate surface area is 119 Å². The maximum Gasteiger partial charge on any atom is 0.305 e. The zero-order chi connectivity index (χ0) is 15.3. The number of hydrogen-bond acceptors (Lipinski definition) is 3. The highest BCUT2D eigenvalue weighted by molar-refractivity contribution is 5.80. The van der Waals surface area contributed by atoms with E-state index in [-0.39, 0.29) is 25.3 Å². The van der Waals surface area contributed by atoms with Crippen LogP contribution in [0.4, 0.5) is 5.69 Å². The third-order valence-corrected chi connectivity index (χ3v) is 2.97. The average Bonchev–Trinajstić information content (AvgIpc) is 2.26. The molecule has 0 aliphatic rings. The van der Waals surface area contributed by atoms with Crippen LogP contribution in [0, 0.1) is 0 Å². The number of nitrogens with zero attached hydrogens (tertiary/aromatic N) is 1. The van der Waals surface area contributed by atoms with E-state index in [1.165, 1.54) is 0 Å². The number of rotatable bonds is 5. The SMILES string of the molecule is CC(C)(C)N(CCC(=O)O)C(=O)Cc1cccc(N)c1. The van der Waals surface area contributed by atoms with Crippen LogP contribution in [0.1, 0.15) is 32.8 Å². The first-order valence-electron chi connectivity index (χ1n) is 6.57. The highest BCUT2D eigenvalue weighted by Crippen LogP contribution is 2.17. The van der Waals surface area contributed by atoms with Crippen LogP contribution in [-0.2, 0) is 16.0 Å². The molecule has 1 rings (SSSR count). The van der Waals surface area contributed by atoms with Crippen LogP contribution in [0.15, 0.2) is 24.3 Å². The van der Waals surface area contributed by atoms with Gasteiger partial charge in [0, 0.05) is 17.8 Å². The van der Waals surface area contributed by atoms with E-state index in [9.17, 15) is 9.59 Å². The van der Waals surface area contributed by atoms with Gasteiger partial charge in [0.1, 0.15) is 0 Å². The molecule has 0 saturated heterocycles. The van der Waals surface area contributed by atoms with Crippen molar-refractivity contribution >= 4 is 17.6 Å². The van der Waals surface area contributed by atoms with E-state index in [1.54, 1.807) is 23.1 Å². The van der Waals surface area contributed by atoms with Gasteiger partial charge in [-0.25, -0.2) is 0 Å². The molecular weight excluding hydrogens is 256 g/mol. The Kier molecular flexibility index (Phi) is 5.13. The van der Waals surface area contributed by atoms with E-state index in [0.717, 1.165) is 5.56 Å². The number of carboxylic acid groups (broad SMARTS) is 1. The molecule has 1 aromatic carbocycles. The second-order valence-electron chi connectivity index (χ2n) is 5.78. The maximum atomic E-state index is 12.4. The molecule has 0 saturated carbocycles. The van der Waals surface area contributed by atoms with Gasteiger partial charge >= 0.3 is 5.97 Å². The fourth-order valence-corrected chi connectivity index (χ4v) is 2.01. The molecule has 3 N–H and O–H groups in total. The van der Waals surface area contributed by atoms with Gasteiger partial charge in [0.25, 0.3) is 0 Å². The van der Waals surface area contributed by atoms with E-state index in [0.29, 0.717) is 5.69 Å². The van der Waals surface area contributed by atoms with Gasteiger partial charge in [-0.1, -0.05) is 12.1 Å². The summed E-state index contributed by atoms with van der Waals surface area (Å²) in [6, 6.07) is 7.17. The summed E-state index contributed by atoms with van der Waals surface area (Å²) in [5, 5.41) is 8.78. The molecule has 1 amide bonds. The van der Waals surface area contributed by atoms with E-state index in [1.807, 2.05) is 26.8 Å². The molecule has 110 valence electrons. The van der Waals surface area contributed by atoms with Crippen molar-refractivity contribution in [3.63, 3.8) is 0 Å². The van der Waals surface area contributed by atoms with Gasteiger partial charge in [-0.15, -0.1) is 0 Å². The molecular formula is C15H22N2O3. The largest absolute Gasteiger partial charge is 0.481 e. The van der Waals surface area contributed by atoms with Crippen LogP contribution in [0.25, 0.3) is 0 Å². The van der Waals surface area contributed by atoms with Crippen molar-refractivity contribution in [2.75, 3.05) is 12.3 Å². The van der Waals surface area contributed by atoms with Crippen LogP contribution in [0.2, 0.25) is 0 Å². The van der Waals surface area contributed by atoms with Crippen LogP contribution in [0.3, 0.4) is 0 Å². The third kappa shape index (κ3) is 4.91. The molecule has 0 fully saturated rings. The Morgan fingerprint density at radius 1 is 1.30 bits per heavy atom. The quantitative estimate of drug-likeness (QED) is 0.806. The standard InChI is InChI=1S/C15H22N2O3/c1-15(2,3)17(8-7-14(19)20)13(18)10-11-5-4-6-12(16)9-11/h4-6,9H,7-8,10,16H2,1-3H3,(H,19,20). The summed E-state index contributed by atoms with van der Waals surface area (Å²) in [5.74, 6) is -1.000. The first-order valence-corrected chi connectivity index (χ1v) is 6.57. The van der Waals surface area contributed by atoms with Crippen molar-refractivity contribution in [3.05, 3.63) is 29.8 Å². The summed E-state index contributed by atoms with van der Waals surface area (Å²) in [4.78, 5) is 24.7. The number of carbonyl (C=O) groups is 2. The second-order valence-corrected chi connectivity index (χ2v) is 5.78. The molecule has 0 aliphatic carbocycles. The monoisotopic (exact) mass is 278 g/mol. The Bertz CT molecular complexity index is 492. The molecule has 0 unspecified atom stereocenters. The van der Waals surface area contributed by atoms with Crippen LogP contribution in [0.5, 0.6) is 0 Å². The summed E-state index contributed by atoms with van der Waals surface area (Å²) >= 11 is 0. The lowest BCUT2D eigenvalue weighted by molar-refractivity contribution is -0.140. The fourth-order valence-electron chi connectivity index (χ4n) is 2.01. The van der Waals surface area contributed by atoms with Crippen molar-refractivity contribution in [1.29, 1.82) is 0 Å². The Morgan fingerprint density at radius 2 is 1.95 bits per heavy atom. The summed E-state index contributed by atoms with van der Waals surface area (Å²) in [6.45, 7) is 5.89. The van der Waals surface area contributed by atoms with Gasteiger partial charge in [0.05, 0.1) is 12.8 Å². The topological polar surface area (TPSA) is 83.6 Å². The normalized spacial score (nSPS) is 11.2. The van der Waals surface area contributed by atoms with Crippen molar-refractivity contribution in [1.82, 2.24) is 4.90 Å². The van der Waals surface area contributed by atoms with Crippen molar-refractivity contribution < 1.29 is 14.7 Å². The Hall–Kier alpha value is -2.04. The predicted molar refractivity (Wildman–Crippen MR) is 78.3 cm³/mol. The van der Waals surface area contributed by atoms with Gasteiger partial charge in [-0.2, -0.15) is 0 Å². The number of anilines is 1. The molecule has 0 aliphatic heterocycles. The number of benzene rings is 1. The minimum atomic E-state index is -0.906. The molecule has 1 aromatic rings. The lowest BCUT2D eigenvalue weighted by Gasteiger charge is -2.35. The molecule has 5 heteroatoms. The highest BCUT2D eigenvalue weighted by atomic mass is 16.4. The highest BCUT2D eigenvalue weighted by Gasteiger charge is 2.26. The summed E-state index contributed by atoms with van der Waals surface area (Å²) in [5.41, 5.74) is 6.73. The number of nitrogens with two attached hydrogens (primary N) is 1. The Morgan fingerprint density at radius 3 is 2.45 bits per heavy atom. The minimum Gasteiger partial charge on any atom is -0.481 e. The predicted octanol–water partition coefficient (Wildman–Crippen LogP) is 1.91. The first-order chi connectivity index (χ1) is 9.20. The van der Waals surface area contributed by atoms with Crippen LogP contribution in [-0.4, -0.2) is 34.0 Å². The Balaban J connectivity index is 2.80. The van der Waals surface area contributed by atoms with E-state index in [2.05, 4.69) is 0 Å². The van der Waals surface area contributed by atoms with Crippen LogP contribution < -0.4 is 5.73 Å². The number of hydrogen-bond donors (Lipinski definition) is 2. The van der Waals surface area contributed by atoms with Crippen molar-refractivity contribution in [2.24, 2.45) is 0 Å². The maximum absolute atomic E-state index is 12.4. The molecule has 0 bridgehead atoms. The number of nitrogen functional groups attached to an aromatic ring is 1. The minimum absolute atomic E-state index is 0.0556. The molecule has 0 heterocycles. The lowest BCUT2D eigenvalue weighted by Crippen LogP contribution is -2.47. The molecule has 0 aromatic heterocycles. The molecule has 0 atom stereocenters. The fraction of sp³-hybridized carbons (Fsp3) is 0.467. The van der Waals surface area contributed by atoms with Gasteiger partial charge in [0.15, 0.2) is 0 Å². The number of carboxylic acids is 1. The van der Waals surface area contributed by atoms with Gasteiger partial charge in [0.2, 0.25) is 5.91 Å². The third-order valence-electron chi connectivity index (χ3n) is 2.97.